The zero-order valence-electron chi connectivity index (χ0n) is 13.0. The summed E-state index contributed by atoms with van der Waals surface area (Å²) < 4.78 is 5.38. The second-order valence-corrected chi connectivity index (χ2v) is 6.92. The number of nitrogens with one attached hydrogen (secondary N) is 1. The van der Waals surface area contributed by atoms with Gasteiger partial charge in [-0.05, 0) is 55.4 Å². The third kappa shape index (κ3) is 2.72. The molecule has 4 nitrogen and oxygen atoms in total. The standard InChI is InChI=1S/C18H24N2O2/c21-18(17-12-13-1-2-14(17)11-13)19-15-3-5-16(6-4-15)20-7-9-22-10-8-20/h3-6,13-14,17H,1-2,7-12H2,(H,19,21)/t13-,14-,17-/m0/s1. The Kier molecular flexibility index (Phi) is 3.78. The number of hydrogen-bond donors (Lipinski definition) is 1. The molecule has 4 rings (SSSR count). The van der Waals surface area contributed by atoms with E-state index in [2.05, 4.69) is 22.3 Å². The van der Waals surface area contributed by atoms with Gasteiger partial charge in [0, 0.05) is 30.4 Å². The lowest BCUT2D eigenvalue weighted by molar-refractivity contribution is -0.121. The van der Waals surface area contributed by atoms with Crippen molar-refractivity contribution < 1.29 is 9.53 Å². The summed E-state index contributed by atoms with van der Waals surface area (Å²) in [5, 5.41) is 3.12. The molecule has 2 bridgehead atoms. The maximum atomic E-state index is 12.5. The van der Waals surface area contributed by atoms with E-state index in [9.17, 15) is 4.79 Å². The van der Waals surface area contributed by atoms with Crippen molar-refractivity contribution in [1.29, 1.82) is 0 Å². The van der Waals surface area contributed by atoms with Crippen molar-refractivity contribution in [2.75, 3.05) is 36.5 Å². The molecule has 0 unspecified atom stereocenters. The highest BCUT2D eigenvalue weighted by Gasteiger charge is 2.42. The zero-order valence-corrected chi connectivity index (χ0v) is 13.0. The van der Waals surface area contributed by atoms with Crippen LogP contribution in [-0.2, 0) is 9.53 Å². The number of anilines is 2. The van der Waals surface area contributed by atoms with Crippen LogP contribution in [0.4, 0.5) is 11.4 Å². The van der Waals surface area contributed by atoms with Crippen molar-refractivity contribution >= 4 is 17.3 Å². The monoisotopic (exact) mass is 300 g/mol. The molecular formula is C18H24N2O2. The second-order valence-electron chi connectivity index (χ2n) is 6.92. The van der Waals surface area contributed by atoms with E-state index in [1.807, 2.05) is 12.1 Å². The fourth-order valence-corrected chi connectivity index (χ4v) is 4.38. The normalized spacial score (nSPS) is 30.5. The molecule has 4 heteroatoms. The van der Waals surface area contributed by atoms with Gasteiger partial charge < -0.3 is 15.0 Å². The van der Waals surface area contributed by atoms with E-state index < -0.39 is 0 Å². The molecule has 1 aromatic carbocycles. The van der Waals surface area contributed by atoms with E-state index in [-0.39, 0.29) is 11.8 Å². The molecule has 3 atom stereocenters. The lowest BCUT2D eigenvalue weighted by Crippen LogP contribution is -2.36. The van der Waals surface area contributed by atoms with Gasteiger partial charge in [-0.1, -0.05) is 6.42 Å². The molecule has 1 N–H and O–H groups in total. The topological polar surface area (TPSA) is 41.6 Å². The number of ether oxygens (including phenoxy) is 1. The summed E-state index contributed by atoms with van der Waals surface area (Å²) in [5.74, 6) is 1.92. The minimum atomic E-state index is 0.228. The van der Waals surface area contributed by atoms with Crippen LogP contribution in [0.5, 0.6) is 0 Å². The van der Waals surface area contributed by atoms with Crippen LogP contribution in [0.15, 0.2) is 24.3 Å². The summed E-state index contributed by atoms with van der Waals surface area (Å²) in [4.78, 5) is 14.8. The average Bonchev–Trinajstić information content (AvgIpc) is 3.19. The van der Waals surface area contributed by atoms with Gasteiger partial charge in [0.15, 0.2) is 0 Å². The lowest BCUT2D eigenvalue weighted by atomic mass is 9.88. The third-order valence-corrected chi connectivity index (χ3v) is 5.59. The van der Waals surface area contributed by atoms with Crippen LogP contribution in [0, 0.1) is 17.8 Å². The number of carbonyl (C=O) groups is 1. The van der Waals surface area contributed by atoms with Crippen LogP contribution < -0.4 is 10.2 Å². The third-order valence-electron chi connectivity index (χ3n) is 5.59. The summed E-state index contributed by atoms with van der Waals surface area (Å²) in [6.07, 6.45) is 4.96. The molecule has 0 aromatic heterocycles. The van der Waals surface area contributed by atoms with E-state index in [4.69, 9.17) is 4.74 Å². The number of rotatable bonds is 3. The Hall–Kier alpha value is -1.55. The molecule has 1 aliphatic heterocycles. The molecule has 1 saturated heterocycles. The maximum absolute atomic E-state index is 12.5. The van der Waals surface area contributed by atoms with Crippen LogP contribution in [0.25, 0.3) is 0 Å². The van der Waals surface area contributed by atoms with Crippen molar-refractivity contribution in [3.05, 3.63) is 24.3 Å². The van der Waals surface area contributed by atoms with Crippen LogP contribution >= 0.6 is 0 Å². The highest BCUT2D eigenvalue weighted by atomic mass is 16.5. The number of nitrogens with zero attached hydrogens (tertiary/aromatic N) is 1. The SMILES string of the molecule is O=C(Nc1ccc(N2CCOCC2)cc1)[C@H]1C[C@H]2CC[C@H]1C2. The Morgan fingerprint density at radius 3 is 2.50 bits per heavy atom. The predicted octanol–water partition coefficient (Wildman–Crippen LogP) is 2.90. The molecule has 2 aliphatic carbocycles. The lowest BCUT2D eigenvalue weighted by Gasteiger charge is -2.29. The summed E-state index contributed by atoms with van der Waals surface area (Å²) in [7, 11) is 0. The first-order valence-electron chi connectivity index (χ1n) is 8.53. The van der Waals surface area contributed by atoms with Crippen LogP contribution in [0.1, 0.15) is 25.7 Å². The van der Waals surface area contributed by atoms with Gasteiger partial charge in [-0.2, -0.15) is 0 Å². The number of fused-ring (bicyclic) bond motifs is 2. The minimum Gasteiger partial charge on any atom is -0.378 e. The first-order valence-corrected chi connectivity index (χ1v) is 8.53. The van der Waals surface area contributed by atoms with Gasteiger partial charge in [0.25, 0.3) is 0 Å². The molecule has 1 heterocycles. The Bertz CT molecular complexity index is 537. The Morgan fingerprint density at radius 1 is 1.09 bits per heavy atom. The molecule has 2 saturated carbocycles. The number of hydrogen-bond acceptors (Lipinski definition) is 3. The number of carbonyl (C=O) groups excluding carboxylic acids is 1. The van der Waals surface area contributed by atoms with Gasteiger partial charge in [0.2, 0.25) is 5.91 Å². The van der Waals surface area contributed by atoms with Gasteiger partial charge in [-0.15, -0.1) is 0 Å². The second kappa shape index (κ2) is 5.92. The van der Waals surface area contributed by atoms with Crippen LogP contribution in [0.2, 0.25) is 0 Å². The van der Waals surface area contributed by atoms with Crippen molar-refractivity contribution in [2.24, 2.45) is 17.8 Å². The molecule has 0 spiro atoms. The number of benzene rings is 1. The quantitative estimate of drug-likeness (QED) is 0.933. The fourth-order valence-electron chi connectivity index (χ4n) is 4.38. The summed E-state index contributed by atoms with van der Waals surface area (Å²) in [5.41, 5.74) is 2.13. The predicted molar refractivity (Wildman–Crippen MR) is 87.0 cm³/mol. The minimum absolute atomic E-state index is 0.228. The first kappa shape index (κ1) is 14.1. The van der Waals surface area contributed by atoms with E-state index in [1.54, 1.807) is 0 Å². The Labute approximate surface area is 131 Å². The smallest absolute Gasteiger partial charge is 0.227 e. The fraction of sp³-hybridized carbons (Fsp3) is 0.611. The maximum Gasteiger partial charge on any atom is 0.227 e. The van der Waals surface area contributed by atoms with E-state index in [0.717, 1.165) is 44.3 Å². The zero-order chi connectivity index (χ0) is 14.9. The van der Waals surface area contributed by atoms with Crippen molar-refractivity contribution in [3.63, 3.8) is 0 Å². The largest absolute Gasteiger partial charge is 0.378 e. The number of morpholine rings is 1. The van der Waals surface area contributed by atoms with Gasteiger partial charge in [0.1, 0.15) is 0 Å². The molecule has 3 fully saturated rings. The van der Waals surface area contributed by atoms with Gasteiger partial charge in [0.05, 0.1) is 13.2 Å². The molecule has 118 valence electrons. The average molecular weight is 300 g/mol. The van der Waals surface area contributed by atoms with E-state index >= 15 is 0 Å². The highest BCUT2D eigenvalue weighted by molar-refractivity contribution is 5.93. The molecule has 1 amide bonds. The van der Waals surface area contributed by atoms with Crippen molar-refractivity contribution in [2.45, 2.75) is 25.7 Å². The van der Waals surface area contributed by atoms with E-state index in [1.165, 1.54) is 24.9 Å². The molecule has 3 aliphatic rings. The molecule has 0 radical (unpaired) electrons. The highest BCUT2D eigenvalue weighted by Crippen LogP contribution is 2.48. The molecule has 1 aromatic rings. The number of amides is 1. The molecule has 22 heavy (non-hydrogen) atoms. The Morgan fingerprint density at radius 2 is 1.86 bits per heavy atom. The van der Waals surface area contributed by atoms with Gasteiger partial charge in [-0.3, -0.25) is 4.79 Å². The summed E-state index contributed by atoms with van der Waals surface area (Å²) in [6, 6.07) is 8.25. The summed E-state index contributed by atoms with van der Waals surface area (Å²) in [6.45, 7) is 3.47. The summed E-state index contributed by atoms with van der Waals surface area (Å²) >= 11 is 0. The molecular weight excluding hydrogens is 276 g/mol. The van der Waals surface area contributed by atoms with Crippen LogP contribution in [-0.4, -0.2) is 32.2 Å². The van der Waals surface area contributed by atoms with E-state index in [0.29, 0.717) is 5.92 Å². The Balaban J connectivity index is 1.37. The van der Waals surface area contributed by atoms with Gasteiger partial charge in [-0.25, -0.2) is 0 Å². The van der Waals surface area contributed by atoms with Gasteiger partial charge >= 0.3 is 0 Å². The van der Waals surface area contributed by atoms with Crippen molar-refractivity contribution in [3.8, 4) is 0 Å². The van der Waals surface area contributed by atoms with Crippen LogP contribution in [0.3, 0.4) is 0 Å². The van der Waals surface area contributed by atoms with Crippen molar-refractivity contribution in [1.82, 2.24) is 0 Å². The first-order chi connectivity index (χ1) is 10.8.